The topological polar surface area (TPSA) is 92.0 Å². The van der Waals surface area contributed by atoms with Crippen LogP contribution in [0.3, 0.4) is 0 Å². The molecule has 0 saturated heterocycles. The lowest BCUT2D eigenvalue weighted by molar-refractivity contribution is -0.139. The van der Waals surface area contributed by atoms with Crippen molar-refractivity contribution in [3.8, 4) is 11.8 Å². The van der Waals surface area contributed by atoms with Crippen molar-refractivity contribution in [2.75, 3.05) is 7.11 Å². The van der Waals surface area contributed by atoms with Gasteiger partial charge in [0.05, 0.1) is 7.11 Å². The van der Waals surface area contributed by atoms with E-state index >= 15 is 0 Å². The third-order valence-corrected chi connectivity index (χ3v) is 1.50. The third kappa shape index (κ3) is 3.15. The molecule has 0 spiro atoms. The Kier molecular flexibility index (Phi) is 3.46. The molecule has 6 heteroatoms. The minimum atomic E-state index is -0.599. The molecule has 0 atom stereocenters. The Labute approximate surface area is 84.3 Å². The van der Waals surface area contributed by atoms with E-state index in [1.807, 2.05) is 4.98 Å². The molecule has 0 saturated carbocycles. The number of H-pyrrole nitrogens is 2. The van der Waals surface area contributed by atoms with Crippen LogP contribution in [0.4, 0.5) is 0 Å². The quantitative estimate of drug-likeness (QED) is 0.456. The van der Waals surface area contributed by atoms with E-state index < -0.39 is 17.2 Å². The van der Waals surface area contributed by atoms with Crippen molar-refractivity contribution in [3.05, 3.63) is 32.6 Å². The fraction of sp³-hybridized carbons (Fsp3) is 0.222. The maximum Gasteiger partial charge on any atom is 0.325 e. The molecule has 2 N–H and O–H groups in total. The number of carbonyl (C=O) groups is 1. The Balaban J connectivity index is 2.85. The summed E-state index contributed by atoms with van der Waals surface area (Å²) in [6, 6.07) is 0. The van der Waals surface area contributed by atoms with Gasteiger partial charge < -0.3 is 9.72 Å². The van der Waals surface area contributed by atoms with Crippen LogP contribution in [0.2, 0.25) is 0 Å². The number of nitrogens with one attached hydrogen (secondary N) is 2. The first-order chi connectivity index (χ1) is 7.13. The molecule has 1 aromatic rings. The molecule has 0 aliphatic heterocycles. The minimum absolute atomic E-state index is 0.0958. The van der Waals surface area contributed by atoms with E-state index in [1.165, 1.54) is 13.3 Å². The molecule has 1 rings (SSSR count). The van der Waals surface area contributed by atoms with E-state index in [0.29, 0.717) is 0 Å². The molecular weight excluding hydrogens is 200 g/mol. The van der Waals surface area contributed by atoms with Gasteiger partial charge in [-0.3, -0.25) is 14.6 Å². The number of hydrogen-bond acceptors (Lipinski definition) is 4. The maximum absolute atomic E-state index is 11.1. The monoisotopic (exact) mass is 208 g/mol. The average molecular weight is 208 g/mol. The zero-order valence-corrected chi connectivity index (χ0v) is 7.92. The maximum atomic E-state index is 11.1. The first-order valence-electron chi connectivity index (χ1n) is 4.01. The van der Waals surface area contributed by atoms with Crippen molar-refractivity contribution in [2.45, 2.75) is 6.42 Å². The summed E-state index contributed by atoms with van der Waals surface area (Å²) in [4.78, 5) is 36.7. The van der Waals surface area contributed by atoms with E-state index in [4.69, 9.17) is 0 Å². The molecule has 6 nitrogen and oxygen atoms in total. The summed E-state index contributed by atoms with van der Waals surface area (Å²) >= 11 is 0. The van der Waals surface area contributed by atoms with Crippen LogP contribution >= 0.6 is 0 Å². The van der Waals surface area contributed by atoms with Crippen molar-refractivity contribution in [2.24, 2.45) is 0 Å². The minimum Gasteiger partial charge on any atom is -0.468 e. The normalized spacial score (nSPS) is 8.87. The molecular formula is C9H8N2O4. The summed E-state index contributed by atoms with van der Waals surface area (Å²) < 4.78 is 4.35. The van der Waals surface area contributed by atoms with Gasteiger partial charge in [0.25, 0.3) is 5.56 Å². The van der Waals surface area contributed by atoms with Crippen molar-refractivity contribution < 1.29 is 9.53 Å². The highest BCUT2D eigenvalue weighted by Gasteiger charge is 1.96. The van der Waals surface area contributed by atoms with Crippen LogP contribution in [0.15, 0.2) is 15.8 Å². The number of methoxy groups -OCH3 is 1. The van der Waals surface area contributed by atoms with E-state index in [1.54, 1.807) is 0 Å². The van der Waals surface area contributed by atoms with Crippen LogP contribution in [0.25, 0.3) is 0 Å². The molecule has 0 aliphatic rings. The van der Waals surface area contributed by atoms with Gasteiger partial charge in [-0.2, -0.15) is 0 Å². The smallest absolute Gasteiger partial charge is 0.325 e. The van der Waals surface area contributed by atoms with Crippen molar-refractivity contribution >= 4 is 5.97 Å². The van der Waals surface area contributed by atoms with Gasteiger partial charge in [-0.15, -0.1) is 0 Å². The largest absolute Gasteiger partial charge is 0.468 e. The lowest BCUT2D eigenvalue weighted by Gasteiger charge is -1.89. The molecule has 0 unspecified atom stereocenters. The second-order valence-electron chi connectivity index (χ2n) is 2.54. The Bertz CT molecular complexity index is 529. The molecule has 1 aromatic heterocycles. The van der Waals surface area contributed by atoms with Crippen LogP contribution in [-0.2, 0) is 9.53 Å². The molecule has 78 valence electrons. The number of aromatic nitrogens is 2. The zero-order valence-electron chi connectivity index (χ0n) is 7.92. The SMILES string of the molecule is COC(=O)CC#Cc1c[nH]c(=O)[nH]c1=O. The fourth-order valence-electron chi connectivity index (χ4n) is 0.786. The molecule has 15 heavy (non-hydrogen) atoms. The van der Waals surface area contributed by atoms with Crippen LogP contribution in [0, 0.1) is 11.8 Å². The molecule has 0 aromatic carbocycles. The Morgan fingerprint density at radius 3 is 2.87 bits per heavy atom. The number of rotatable bonds is 1. The number of aromatic amines is 2. The number of carbonyl (C=O) groups excluding carboxylic acids is 1. The number of ether oxygens (including phenoxy) is 1. The molecule has 1 heterocycles. The second kappa shape index (κ2) is 4.81. The Hall–Kier alpha value is -2.29. The summed E-state index contributed by atoms with van der Waals surface area (Å²) in [6.45, 7) is 0. The highest BCUT2D eigenvalue weighted by Crippen LogP contribution is 1.83. The van der Waals surface area contributed by atoms with Gasteiger partial charge in [-0.25, -0.2) is 4.79 Å². The highest BCUT2D eigenvalue weighted by atomic mass is 16.5. The fourth-order valence-corrected chi connectivity index (χ4v) is 0.786. The standard InChI is InChI=1S/C9H8N2O4/c1-15-7(12)4-2-3-6-5-10-9(14)11-8(6)13/h5H,4H2,1H3,(H2,10,11,13,14). The summed E-state index contributed by atoms with van der Waals surface area (Å²) in [5, 5.41) is 0. The lowest BCUT2D eigenvalue weighted by atomic mass is 10.3. The molecule has 0 bridgehead atoms. The van der Waals surface area contributed by atoms with Gasteiger partial charge in [0.1, 0.15) is 12.0 Å². The Morgan fingerprint density at radius 2 is 2.27 bits per heavy atom. The number of hydrogen-bond donors (Lipinski definition) is 2. The van der Waals surface area contributed by atoms with Gasteiger partial charge in [0.2, 0.25) is 0 Å². The van der Waals surface area contributed by atoms with Crippen LogP contribution in [0.5, 0.6) is 0 Å². The van der Waals surface area contributed by atoms with E-state index in [2.05, 4.69) is 21.6 Å². The first kappa shape index (κ1) is 10.8. The molecule has 0 radical (unpaired) electrons. The van der Waals surface area contributed by atoms with Crippen molar-refractivity contribution in [1.82, 2.24) is 9.97 Å². The molecule has 0 fully saturated rings. The Morgan fingerprint density at radius 1 is 1.53 bits per heavy atom. The van der Waals surface area contributed by atoms with Crippen LogP contribution < -0.4 is 11.2 Å². The van der Waals surface area contributed by atoms with Crippen molar-refractivity contribution in [3.63, 3.8) is 0 Å². The zero-order chi connectivity index (χ0) is 11.3. The van der Waals surface area contributed by atoms with E-state index in [9.17, 15) is 14.4 Å². The third-order valence-electron chi connectivity index (χ3n) is 1.50. The second-order valence-corrected chi connectivity index (χ2v) is 2.54. The highest BCUT2D eigenvalue weighted by molar-refractivity contribution is 5.72. The van der Waals surface area contributed by atoms with Gasteiger partial charge in [-0.1, -0.05) is 11.8 Å². The predicted octanol–water partition coefficient (Wildman–Crippen LogP) is -1.02. The molecule has 0 aliphatic carbocycles. The summed E-state index contributed by atoms with van der Waals surface area (Å²) in [6.07, 6.45) is 1.08. The lowest BCUT2D eigenvalue weighted by Crippen LogP contribution is -2.23. The van der Waals surface area contributed by atoms with Gasteiger partial charge >= 0.3 is 11.7 Å². The van der Waals surface area contributed by atoms with Crippen LogP contribution in [0.1, 0.15) is 12.0 Å². The first-order valence-corrected chi connectivity index (χ1v) is 4.01. The van der Waals surface area contributed by atoms with Gasteiger partial charge in [-0.05, 0) is 0 Å². The van der Waals surface area contributed by atoms with Gasteiger partial charge in [0.15, 0.2) is 0 Å². The summed E-state index contributed by atoms with van der Waals surface area (Å²) in [5.74, 6) is 4.40. The predicted molar refractivity (Wildman–Crippen MR) is 51.2 cm³/mol. The number of esters is 1. The summed E-state index contributed by atoms with van der Waals surface area (Å²) in [5.41, 5.74) is -1.09. The van der Waals surface area contributed by atoms with Crippen LogP contribution in [-0.4, -0.2) is 23.0 Å². The van der Waals surface area contributed by atoms with Gasteiger partial charge in [0, 0.05) is 6.20 Å². The van der Waals surface area contributed by atoms with E-state index in [-0.39, 0.29) is 12.0 Å². The molecule has 0 amide bonds. The van der Waals surface area contributed by atoms with Crippen molar-refractivity contribution in [1.29, 1.82) is 0 Å². The van der Waals surface area contributed by atoms with E-state index in [0.717, 1.165) is 0 Å². The average Bonchev–Trinajstić information content (AvgIpc) is 2.21. The summed E-state index contributed by atoms with van der Waals surface area (Å²) in [7, 11) is 1.25.